The largest absolute Gasteiger partial charge is 0.393 e. The summed E-state index contributed by atoms with van der Waals surface area (Å²) in [6.45, 7) is 0. The fourth-order valence-electron chi connectivity index (χ4n) is 3.15. The highest BCUT2D eigenvalue weighted by molar-refractivity contribution is 5.10. The second kappa shape index (κ2) is 1.20. The number of rotatable bonds is 0. The van der Waals surface area contributed by atoms with Gasteiger partial charge < -0.3 is 5.11 Å². The predicted octanol–water partition coefficient (Wildman–Crippen LogP) is 1.02. The zero-order chi connectivity index (χ0) is 6.01. The number of hydrogen-bond acceptors (Lipinski definition) is 1. The van der Waals surface area contributed by atoms with Gasteiger partial charge in [0.15, 0.2) is 0 Å². The van der Waals surface area contributed by atoms with Crippen molar-refractivity contribution in [2.24, 2.45) is 23.7 Å². The number of fused-ring (bicyclic) bond motifs is 1. The van der Waals surface area contributed by atoms with Gasteiger partial charge in [0.05, 0.1) is 6.10 Å². The van der Waals surface area contributed by atoms with Gasteiger partial charge in [-0.15, -0.1) is 0 Å². The number of aliphatic hydroxyl groups excluding tert-OH is 1. The normalized spacial score (nSPS) is 68.3. The molecular weight excluding hydrogens is 112 g/mol. The van der Waals surface area contributed by atoms with Crippen LogP contribution in [0.3, 0.4) is 0 Å². The zero-order valence-corrected chi connectivity index (χ0v) is 5.46. The van der Waals surface area contributed by atoms with Gasteiger partial charge in [0.2, 0.25) is 0 Å². The molecule has 0 aromatic rings. The second-order valence-corrected chi connectivity index (χ2v) is 4.03. The summed E-state index contributed by atoms with van der Waals surface area (Å²) in [6, 6.07) is 0. The third-order valence-electron chi connectivity index (χ3n) is 3.72. The molecule has 4 aliphatic carbocycles. The van der Waals surface area contributed by atoms with Crippen LogP contribution < -0.4 is 0 Å². The minimum atomic E-state index is 0.0880. The Morgan fingerprint density at radius 1 is 0.889 bits per heavy atom. The third kappa shape index (κ3) is 0.420. The molecule has 9 heavy (non-hydrogen) atoms. The van der Waals surface area contributed by atoms with Crippen LogP contribution in [0.25, 0.3) is 0 Å². The van der Waals surface area contributed by atoms with Crippen LogP contribution in [0.1, 0.15) is 19.3 Å². The van der Waals surface area contributed by atoms with Crippen molar-refractivity contribution < 1.29 is 5.11 Å². The Kier molecular flexibility index (Phi) is 0.628. The minimum Gasteiger partial charge on any atom is -0.393 e. The van der Waals surface area contributed by atoms with Gasteiger partial charge in [-0.1, -0.05) is 0 Å². The maximum Gasteiger partial charge on any atom is 0.0571 e. The molecule has 4 aliphatic rings. The Morgan fingerprint density at radius 2 is 1.44 bits per heavy atom. The lowest BCUT2D eigenvalue weighted by molar-refractivity contribution is 0.0534. The molecule has 4 bridgehead atoms. The molecule has 1 heteroatoms. The van der Waals surface area contributed by atoms with E-state index in [4.69, 9.17) is 0 Å². The summed E-state index contributed by atoms with van der Waals surface area (Å²) >= 11 is 0. The van der Waals surface area contributed by atoms with Crippen molar-refractivity contribution in [1.82, 2.24) is 0 Å². The van der Waals surface area contributed by atoms with E-state index in [1.54, 1.807) is 0 Å². The van der Waals surface area contributed by atoms with Crippen LogP contribution in [0.2, 0.25) is 0 Å². The monoisotopic (exact) mass is 124 g/mol. The lowest BCUT2D eigenvalue weighted by atomic mass is 9.83. The van der Waals surface area contributed by atoms with Gasteiger partial charge in [0.25, 0.3) is 0 Å². The van der Waals surface area contributed by atoms with Gasteiger partial charge in [-0.2, -0.15) is 0 Å². The molecule has 0 aromatic carbocycles. The maximum absolute atomic E-state index is 9.41. The lowest BCUT2D eigenvalue weighted by Crippen LogP contribution is -2.26. The van der Waals surface area contributed by atoms with Crippen LogP contribution >= 0.6 is 0 Å². The first-order valence-electron chi connectivity index (χ1n) is 4.04. The standard InChI is InChI=1S/C8H12O/c9-8-3-7-5-1-4(8)2-6(5)7/h4-9H,1-3H2. The molecule has 4 rings (SSSR count). The van der Waals surface area contributed by atoms with Crippen molar-refractivity contribution in [2.75, 3.05) is 0 Å². The first-order chi connectivity index (χ1) is 4.36. The summed E-state index contributed by atoms with van der Waals surface area (Å²) in [6.07, 6.45) is 3.94. The van der Waals surface area contributed by atoms with Crippen molar-refractivity contribution in [3.63, 3.8) is 0 Å². The average Bonchev–Trinajstić information content (AvgIpc) is 2.43. The highest BCUT2D eigenvalue weighted by Gasteiger charge is 2.61. The molecule has 4 fully saturated rings. The van der Waals surface area contributed by atoms with Crippen LogP contribution in [0.4, 0.5) is 0 Å². The molecule has 0 saturated heterocycles. The Hall–Kier alpha value is -0.0400. The molecule has 0 heterocycles. The van der Waals surface area contributed by atoms with E-state index >= 15 is 0 Å². The molecular formula is C8H12O. The zero-order valence-electron chi connectivity index (χ0n) is 5.46. The molecule has 50 valence electrons. The summed E-state index contributed by atoms with van der Waals surface area (Å²) in [5, 5.41) is 9.41. The highest BCUT2D eigenvalue weighted by atomic mass is 16.3. The smallest absolute Gasteiger partial charge is 0.0571 e. The summed E-state index contributed by atoms with van der Waals surface area (Å²) in [5.41, 5.74) is 0. The highest BCUT2D eigenvalue weighted by Crippen LogP contribution is 2.66. The Morgan fingerprint density at radius 3 is 1.78 bits per heavy atom. The predicted molar refractivity (Wildman–Crippen MR) is 33.8 cm³/mol. The average molecular weight is 124 g/mol. The van der Waals surface area contributed by atoms with Crippen LogP contribution in [0, 0.1) is 23.7 Å². The molecule has 0 spiro atoms. The Labute approximate surface area is 55.1 Å². The van der Waals surface area contributed by atoms with E-state index in [0.29, 0.717) is 5.92 Å². The van der Waals surface area contributed by atoms with E-state index in [1.807, 2.05) is 0 Å². The fraction of sp³-hybridized carbons (Fsp3) is 1.00. The van der Waals surface area contributed by atoms with Crippen LogP contribution in [0.15, 0.2) is 0 Å². The fourth-order valence-corrected chi connectivity index (χ4v) is 3.15. The van der Waals surface area contributed by atoms with Crippen molar-refractivity contribution >= 4 is 0 Å². The van der Waals surface area contributed by atoms with Crippen LogP contribution in [0.5, 0.6) is 0 Å². The summed E-state index contributed by atoms with van der Waals surface area (Å²) in [4.78, 5) is 0. The molecule has 3 atom stereocenters. The van der Waals surface area contributed by atoms with Crippen molar-refractivity contribution in [1.29, 1.82) is 0 Å². The van der Waals surface area contributed by atoms with E-state index in [0.717, 1.165) is 24.2 Å². The molecule has 0 aliphatic heterocycles. The third-order valence-corrected chi connectivity index (χ3v) is 3.72. The summed E-state index contributed by atoms with van der Waals surface area (Å²) < 4.78 is 0. The maximum atomic E-state index is 9.41. The van der Waals surface area contributed by atoms with E-state index in [-0.39, 0.29) is 6.10 Å². The van der Waals surface area contributed by atoms with Crippen LogP contribution in [-0.4, -0.2) is 11.2 Å². The van der Waals surface area contributed by atoms with Crippen LogP contribution in [-0.2, 0) is 0 Å². The molecule has 0 radical (unpaired) electrons. The molecule has 1 nitrogen and oxygen atoms in total. The van der Waals surface area contributed by atoms with Gasteiger partial charge >= 0.3 is 0 Å². The summed E-state index contributed by atoms with van der Waals surface area (Å²) in [7, 11) is 0. The molecule has 0 amide bonds. The Bertz CT molecular complexity index is 143. The lowest BCUT2D eigenvalue weighted by Gasteiger charge is -2.27. The molecule has 0 aromatic heterocycles. The number of aliphatic hydroxyl groups is 1. The number of hydrogen-bond donors (Lipinski definition) is 1. The van der Waals surface area contributed by atoms with E-state index < -0.39 is 0 Å². The minimum absolute atomic E-state index is 0.0880. The van der Waals surface area contributed by atoms with Gasteiger partial charge in [-0.05, 0) is 42.9 Å². The molecule has 4 saturated carbocycles. The second-order valence-electron chi connectivity index (χ2n) is 4.03. The molecule has 3 unspecified atom stereocenters. The van der Waals surface area contributed by atoms with E-state index in [9.17, 15) is 5.11 Å². The quantitative estimate of drug-likeness (QED) is 0.511. The first-order valence-corrected chi connectivity index (χ1v) is 4.04. The SMILES string of the molecule is OC1CC2C3CC1CC23. The summed E-state index contributed by atoms with van der Waals surface area (Å²) in [5.74, 6) is 3.81. The van der Waals surface area contributed by atoms with E-state index in [2.05, 4.69) is 0 Å². The Balaban J connectivity index is 1.93. The van der Waals surface area contributed by atoms with Gasteiger partial charge in [0.1, 0.15) is 0 Å². The first kappa shape index (κ1) is 4.73. The van der Waals surface area contributed by atoms with E-state index in [1.165, 1.54) is 12.8 Å². The van der Waals surface area contributed by atoms with Crippen molar-refractivity contribution in [3.05, 3.63) is 0 Å². The molecule has 1 N–H and O–H groups in total. The van der Waals surface area contributed by atoms with Crippen molar-refractivity contribution in [2.45, 2.75) is 25.4 Å². The van der Waals surface area contributed by atoms with Gasteiger partial charge in [-0.3, -0.25) is 0 Å². The topological polar surface area (TPSA) is 20.2 Å². The van der Waals surface area contributed by atoms with Crippen molar-refractivity contribution in [3.8, 4) is 0 Å². The van der Waals surface area contributed by atoms with Gasteiger partial charge in [-0.25, -0.2) is 0 Å². The van der Waals surface area contributed by atoms with Gasteiger partial charge in [0, 0.05) is 0 Å².